The van der Waals surface area contributed by atoms with Crippen LogP contribution in [0.15, 0.2) is 24.5 Å². The minimum Gasteiger partial charge on any atom is -0.345 e. The predicted octanol–water partition coefficient (Wildman–Crippen LogP) is 2.35. The lowest BCUT2D eigenvalue weighted by Gasteiger charge is -2.14. The van der Waals surface area contributed by atoms with Crippen LogP contribution in [0.25, 0.3) is 11.0 Å². The molecular formula is C13H19N3. The minimum absolute atomic E-state index is 0.713. The van der Waals surface area contributed by atoms with Gasteiger partial charge in [0.25, 0.3) is 0 Å². The topological polar surface area (TPSA) is 40.7 Å². The van der Waals surface area contributed by atoms with Gasteiger partial charge in [0.05, 0.1) is 17.4 Å². The van der Waals surface area contributed by atoms with Crippen LogP contribution in [0.4, 0.5) is 0 Å². The maximum Gasteiger partial charge on any atom is 0.0931 e. The van der Waals surface area contributed by atoms with E-state index < -0.39 is 0 Å². The second-order valence-corrected chi connectivity index (χ2v) is 4.29. The molecule has 0 fully saturated rings. The first-order valence-electron chi connectivity index (χ1n) is 5.90. The molecule has 1 atom stereocenters. The van der Waals surface area contributed by atoms with Crippen LogP contribution >= 0.6 is 0 Å². The third-order valence-corrected chi connectivity index (χ3v) is 3.08. The summed E-state index contributed by atoms with van der Waals surface area (Å²) in [6.45, 7) is 3.33. The summed E-state index contributed by atoms with van der Waals surface area (Å²) in [4.78, 5) is 7.38. The summed E-state index contributed by atoms with van der Waals surface area (Å²) >= 11 is 0. The van der Waals surface area contributed by atoms with E-state index in [4.69, 9.17) is 0 Å². The van der Waals surface area contributed by atoms with Gasteiger partial charge in [-0.2, -0.15) is 0 Å². The highest BCUT2D eigenvalue weighted by Gasteiger charge is 2.07. The highest BCUT2D eigenvalue weighted by atomic mass is 14.9. The normalized spacial score (nSPS) is 13.1. The summed E-state index contributed by atoms with van der Waals surface area (Å²) in [6, 6.07) is 6.48. The third kappa shape index (κ3) is 2.42. The number of nitrogens with one attached hydrogen (secondary N) is 2. The Bertz CT molecular complexity index is 447. The molecule has 3 heteroatoms. The highest BCUT2D eigenvalue weighted by Crippen LogP contribution is 2.16. The number of fused-ring (bicyclic) bond motifs is 1. The van der Waals surface area contributed by atoms with Crippen molar-refractivity contribution in [3.05, 3.63) is 30.1 Å². The van der Waals surface area contributed by atoms with Gasteiger partial charge >= 0.3 is 0 Å². The van der Waals surface area contributed by atoms with Crippen molar-refractivity contribution in [2.45, 2.75) is 19.8 Å². The third-order valence-electron chi connectivity index (χ3n) is 3.08. The zero-order chi connectivity index (χ0) is 11.4. The number of benzene rings is 1. The van der Waals surface area contributed by atoms with E-state index in [2.05, 4.69) is 40.4 Å². The first-order chi connectivity index (χ1) is 7.83. The Morgan fingerprint density at radius 2 is 2.31 bits per heavy atom. The molecule has 2 N–H and O–H groups in total. The molecule has 1 heterocycles. The van der Waals surface area contributed by atoms with Gasteiger partial charge in [-0.15, -0.1) is 0 Å². The molecule has 0 aliphatic heterocycles. The van der Waals surface area contributed by atoms with Crippen LogP contribution < -0.4 is 5.32 Å². The molecule has 0 amide bonds. The maximum absolute atomic E-state index is 4.23. The van der Waals surface area contributed by atoms with Crippen molar-refractivity contribution < 1.29 is 0 Å². The van der Waals surface area contributed by atoms with E-state index in [1.54, 1.807) is 6.33 Å². The maximum atomic E-state index is 4.23. The van der Waals surface area contributed by atoms with E-state index in [-0.39, 0.29) is 0 Å². The molecule has 2 rings (SSSR count). The molecule has 0 spiro atoms. The number of imidazole rings is 1. The van der Waals surface area contributed by atoms with Crippen molar-refractivity contribution in [3.8, 4) is 0 Å². The molecule has 1 unspecified atom stereocenters. The van der Waals surface area contributed by atoms with Crippen molar-refractivity contribution in [1.82, 2.24) is 15.3 Å². The van der Waals surface area contributed by atoms with Crippen LogP contribution in [-0.2, 0) is 6.42 Å². The van der Waals surface area contributed by atoms with Gasteiger partial charge in [-0.25, -0.2) is 4.98 Å². The molecule has 1 aromatic carbocycles. The zero-order valence-corrected chi connectivity index (χ0v) is 9.96. The van der Waals surface area contributed by atoms with E-state index in [0.717, 1.165) is 24.0 Å². The molecule has 16 heavy (non-hydrogen) atoms. The van der Waals surface area contributed by atoms with E-state index in [1.807, 2.05) is 7.05 Å². The number of rotatable bonds is 5. The number of H-pyrrole nitrogens is 1. The quantitative estimate of drug-likeness (QED) is 0.807. The first-order valence-corrected chi connectivity index (χ1v) is 5.90. The van der Waals surface area contributed by atoms with Crippen LogP contribution in [0.1, 0.15) is 18.9 Å². The Morgan fingerprint density at radius 3 is 3.06 bits per heavy atom. The Kier molecular flexibility index (Phi) is 3.57. The number of aromatic amines is 1. The van der Waals surface area contributed by atoms with Crippen molar-refractivity contribution in [3.63, 3.8) is 0 Å². The van der Waals surface area contributed by atoms with Gasteiger partial charge in [0.2, 0.25) is 0 Å². The largest absolute Gasteiger partial charge is 0.345 e. The first kappa shape index (κ1) is 11.1. The molecule has 0 bridgehead atoms. The molecule has 0 radical (unpaired) electrons. The second-order valence-electron chi connectivity index (χ2n) is 4.29. The fourth-order valence-electron chi connectivity index (χ4n) is 2.09. The van der Waals surface area contributed by atoms with Crippen molar-refractivity contribution in [2.24, 2.45) is 5.92 Å². The summed E-state index contributed by atoms with van der Waals surface area (Å²) in [5.41, 5.74) is 3.57. The van der Waals surface area contributed by atoms with E-state index in [9.17, 15) is 0 Å². The number of aromatic nitrogens is 2. The molecule has 0 saturated heterocycles. The highest BCUT2D eigenvalue weighted by molar-refractivity contribution is 5.75. The van der Waals surface area contributed by atoms with Crippen LogP contribution in [-0.4, -0.2) is 23.6 Å². The Labute approximate surface area is 96.3 Å². The van der Waals surface area contributed by atoms with Crippen molar-refractivity contribution >= 4 is 11.0 Å². The number of hydrogen-bond donors (Lipinski definition) is 2. The van der Waals surface area contributed by atoms with Crippen LogP contribution in [0.5, 0.6) is 0 Å². The molecule has 86 valence electrons. The molecule has 1 aromatic heterocycles. The van der Waals surface area contributed by atoms with Gasteiger partial charge in [-0.3, -0.25) is 0 Å². The molecule has 2 aromatic rings. The smallest absolute Gasteiger partial charge is 0.0931 e. The monoisotopic (exact) mass is 217 g/mol. The minimum atomic E-state index is 0.713. The van der Waals surface area contributed by atoms with Gasteiger partial charge < -0.3 is 10.3 Å². The molecule has 3 nitrogen and oxygen atoms in total. The van der Waals surface area contributed by atoms with Gasteiger partial charge in [0, 0.05) is 0 Å². The lowest BCUT2D eigenvalue weighted by Crippen LogP contribution is -2.20. The fraction of sp³-hybridized carbons (Fsp3) is 0.462. The van der Waals surface area contributed by atoms with Crippen LogP contribution in [0.2, 0.25) is 0 Å². The van der Waals surface area contributed by atoms with Crippen LogP contribution in [0.3, 0.4) is 0 Å². The Morgan fingerprint density at radius 1 is 1.44 bits per heavy atom. The standard InChI is InChI=1S/C13H19N3/c1-3-10(8-14-2)6-11-4-5-12-13(7-11)16-9-15-12/h4-5,7,9-10,14H,3,6,8H2,1-2H3,(H,15,16). The summed E-state index contributed by atoms with van der Waals surface area (Å²) in [7, 11) is 2.01. The van der Waals surface area contributed by atoms with Crippen LogP contribution in [0, 0.1) is 5.92 Å². The summed E-state index contributed by atoms with van der Waals surface area (Å²) in [5.74, 6) is 0.713. The summed E-state index contributed by atoms with van der Waals surface area (Å²) in [6.07, 6.45) is 4.09. The molecule has 0 aliphatic carbocycles. The van der Waals surface area contributed by atoms with Gasteiger partial charge in [0.15, 0.2) is 0 Å². The van der Waals surface area contributed by atoms with E-state index in [1.165, 1.54) is 12.0 Å². The zero-order valence-electron chi connectivity index (χ0n) is 9.96. The Hall–Kier alpha value is -1.35. The predicted molar refractivity (Wildman–Crippen MR) is 67.5 cm³/mol. The van der Waals surface area contributed by atoms with E-state index >= 15 is 0 Å². The summed E-state index contributed by atoms with van der Waals surface area (Å²) < 4.78 is 0. The van der Waals surface area contributed by atoms with Gasteiger partial charge in [-0.1, -0.05) is 19.4 Å². The number of hydrogen-bond acceptors (Lipinski definition) is 2. The number of nitrogens with zero attached hydrogens (tertiary/aromatic N) is 1. The van der Waals surface area contributed by atoms with E-state index in [0.29, 0.717) is 5.92 Å². The lowest BCUT2D eigenvalue weighted by atomic mass is 9.96. The molecule has 0 saturated carbocycles. The fourth-order valence-corrected chi connectivity index (χ4v) is 2.09. The average Bonchev–Trinajstić information content (AvgIpc) is 2.75. The lowest BCUT2D eigenvalue weighted by molar-refractivity contribution is 0.481. The average molecular weight is 217 g/mol. The van der Waals surface area contributed by atoms with Crippen molar-refractivity contribution in [2.75, 3.05) is 13.6 Å². The molecular weight excluding hydrogens is 198 g/mol. The van der Waals surface area contributed by atoms with Gasteiger partial charge in [0.1, 0.15) is 0 Å². The molecule has 0 aliphatic rings. The summed E-state index contributed by atoms with van der Waals surface area (Å²) in [5, 5.41) is 3.25. The van der Waals surface area contributed by atoms with Gasteiger partial charge in [-0.05, 0) is 43.6 Å². The second kappa shape index (κ2) is 5.12. The Balaban J connectivity index is 2.13. The van der Waals surface area contributed by atoms with Crippen molar-refractivity contribution in [1.29, 1.82) is 0 Å². The SMILES string of the molecule is CCC(CNC)Cc1ccc2nc[nH]c2c1.